The lowest BCUT2D eigenvalue weighted by molar-refractivity contribution is 0.0994. The average molecular weight is 338 g/mol. The van der Waals surface area contributed by atoms with Crippen molar-refractivity contribution in [2.45, 2.75) is 37.6 Å². The number of carbonyl (C=O) groups is 2. The molecule has 1 saturated carbocycles. The number of hydrogen-bond donors (Lipinski definition) is 3. The van der Waals surface area contributed by atoms with Crippen LogP contribution in [0.25, 0.3) is 11.1 Å². The van der Waals surface area contributed by atoms with Crippen LogP contribution >= 0.6 is 0 Å². The molecule has 25 heavy (non-hydrogen) atoms. The minimum absolute atomic E-state index is 0.407. The second-order valence-corrected chi connectivity index (χ2v) is 6.53. The molecule has 0 saturated heterocycles. The van der Waals surface area contributed by atoms with Crippen molar-refractivity contribution < 1.29 is 14.7 Å². The zero-order valence-corrected chi connectivity index (χ0v) is 14.0. The maximum Gasteiger partial charge on any atom is 0.405 e. The maximum absolute atomic E-state index is 12.3. The van der Waals surface area contributed by atoms with Gasteiger partial charge in [0.15, 0.2) is 0 Å². The van der Waals surface area contributed by atoms with Crippen LogP contribution in [0, 0.1) is 0 Å². The van der Waals surface area contributed by atoms with Gasteiger partial charge in [-0.1, -0.05) is 67.8 Å². The van der Waals surface area contributed by atoms with E-state index in [0.717, 1.165) is 30.4 Å². The monoisotopic (exact) mass is 338 g/mol. The Morgan fingerprint density at radius 1 is 0.960 bits per heavy atom. The molecule has 4 N–H and O–H groups in total. The molecule has 1 aliphatic rings. The number of carboxylic acid groups (broad SMARTS) is 1. The highest BCUT2D eigenvalue weighted by Crippen LogP contribution is 2.41. The topological polar surface area (TPSA) is 92.4 Å². The van der Waals surface area contributed by atoms with E-state index in [9.17, 15) is 14.7 Å². The number of nitrogens with two attached hydrogens (primary N) is 1. The molecule has 0 heterocycles. The van der Waals surface area contributed by atoms with Gasteiger partial charge in [0, 0.05) is 0 Å². The number of nitrogens with one attached hydrogen (secondary N) is 1. The lowest BCUT2D eigenvalue weighted by Gasteiger charge is -2.39. The van der Waals surface area contributed by atoms with Gasteiger partial charge >= 0.3 is 6.09 Å². The quantitative estimate of drug-likeness (QED) is 0.790. The van der Waals surface area contributed by atoms with Crippen LogP contribution in [0.15, 0.2) is 48.5 Å². The van der Waals surface area contributed by atoms with Crippen molar-refractivity contribution in [1.82, 2.24) is 5.32 Å². The van der Waals surface area contributed by atoms with E-state index < -0.39 is 17.5 Å². The predicted molar refractivity (Wildman–Crippen MR) is 96.3 cm³/mol. The highest BCUT2D eigenvalue weighted by atomic mass is 16.4. The first-order chi connectivity index (χ1) is 12.0. The minimum Gasteiger partial charge on any atom is -0.465 e. The third-order valence-corrected chi connectivity index (χ3v) is 4.96. The third-order valence-electron chi connectivity index (χ3n) is 4.96. The first kappa shape index (κ1) is 17.0. The molecule has 0 atom stereocenters. The van der Waals surface area contributed by atoms with E-state index in [0.29, 0.717) is 24.0 Å². The lowest BCUT2D eigenvalue weighted by Crippen LogP contribution is -2.47. The molecule has 1 aliphatic carbocycles. The maximum atomic E-state index is 12.3. The molecular formula is C20H22N2O3. The smallest absolute Gasteiger partial charge is 0.405 e. The number of primary amides is 1. The first-order valence-electron chi connectivity index (χ1n) is 8.53. The van der Waals surface area contributed by atoms with Gasteiger partial charge in [-0.15, -0.1) is 0 Å². The molecule has 130 valence electrons. The predicted octanol–water partition coefficient (Wildman–Crippen LogP) is 3.88. The van der Waals surface area contributed by atoms with Gasteiger partial charge in [0.05, 0.1) is 11.1 Å². The van der Waals surface area contributed by atoms with Crippen LogP contribution in [0.1, 0.15) is 48.0 Å². The summed E-state index contributed by atoms with van der Waals surface area (Å²) >= 11 is 0. The molecule has 3 rings (SSSR count). The van der Waals surface area contributed by atoms with Gasteiger partial charge in [-0.3, -0.25) is 4.79 Å². The van der Waals surface area contributed by atoms with E-state index in [4.69, 9.17) is 5.73 Å². The van der Waals surface area contributed by atoms with E-state index in [1.165, 1.54) is 0 Å². The van der Waals surface area contributed by atoms with Gasteiger partial charge < -0.3 is 16.2 Å². The van der Waals surface area contributed by atoms with Crippen LogP contribution in [0.5, 0.6) is 0 Å². The fourth-order valence-corrected chi connectivity index (χ4v) is 3.90. The summed E-state index contributed by atoms with van der Waals surface area (Å²) in [5.41, 5.74) is 7.69. The second-order valence-electron chi connectivity index (χ2n) is 6.53. The normalized spacial score (nSPS) is 16.2. The number of amides is 2. The Kier molecular flexibility index (Phi) is 4.74. The van der Waals surface area contributed by atoms with Crippen LogP contribution in [0.3, 0.4) is 0 Å². The molecule has 0 radical (unpaired) electrons. The van der Waals surface area contributed by atoms with Gasteiger partial charge in [0.25, 0.3) is 0 Å². The minimum atomic E-state index is -1.08. The Labute approximate surface area is 146 Å². The molecule has 5 nitrogen and oxygen atoms in total. The summed E-state index contributed by atoms with van der Waals surface area (Å²) < 4.78 is 0. The molecule has 2 aromatic carbocycles. The van der Waals surface area contributed by atoms with Crippen molar-refractivity contribution >= 4 is 12.0 Å². The molecule has 0 unspecified atom stereocenters. The third kappa shape index (κ3) is 3.36. The zero-order chi connectivity index (χ0) is 17.9. The van der Waals surface area contributed by atoms with Gasteiger partial charge in [-0.05, 0) is 29.5 Å². The van der Waals surface area contributed by atoms with E-state index in [1.807, 2.05) is 48.5 Å². The Morgan fingerprint density at radius 3 is 2.24 bits per heavy atom. The molecule has 5 heteroatoms. The van der Waals surface area contributed by atoms with Crippen LogP contribution in [-0.2, 0) is 5.54 Å². The molecule has 0 bridgehead atoms. The van der Waals surface area contributed by atoms with E-state index in [2.05, 4.69) is 5.32 Å². The van der Waals surface area contributed by atoms with Gasteiger partial charge in [-0.25, -0.2) is 4.79 Å². The number of rotatable bonds is 4. The van der Waals surface area contributed by atoms with Crippen molar-refractivity contribution in [3.63, 3.8) is 0 Å². The molecule has 2 aromatic rings. The van der Waals surface area contributed by atoms with Crippen LogP contribution in [0.2, 0.25) is 0 Å². The van der Waals surface area contributed by atoms with E-state index in [1.54, 1.807) is 0 Å². The zero-order valence-electron chi connectivity index (χ0n) is 14.0. The lowest BCUT2D eigenvalue weighted by atomic mass is 9.73. The van der Waals surface area contributed by atoms with Gasteiger partial charge in [0.1, 0.15) is 0 Å². The fraction of sp³-hybridized carbons (Fsp3) is 0.300. The van der Waals surface area contributed by atoms with Crippen molar-refractivity contribution in [2.75, 3.05) is 0 Å². The average Bonchev–Trinajstić information content (AvgIpc) is 2.62. The standard InChI is InChI=1S/C20H22N2O3/c21-18(23)17-15(14-8-3-1-4-9-14)10-7-11-16(17)20(22-19(24)25)12-5-2-6-13-20/h1,3-4,7-11,22H,2,5-6,12-13H2,(H2,21,23)(H,24,25). The molecule has 1 fully saturated rings. The Hall–Kier alpha value is -2.82. The molecule has 0 spiro atoms. The number of hydrogen-bond acceptors (Lipinski definition) is 2. The molecular weight excluding hydrogens is 316 g/mol. The van der Waals surface area contributed by atoms with Crippen LogP contribution in [0.4, 0.5) is 4.79 Å². The Morgan fingerprint density at radius 2 is 1.64 bits per heavy atom. The summed E-state index contributed by atoms with van der Waals surface area (Å²) in [5, 5.41) is 12.1. The van der Waals surface area contributed by atoms with E-state index in [-0.39, 0.29) is 0 Å². The highest BCUT2D eigenvalue weighted by Gasteiger charge is 2.38. The summed E-state index contributed by atoms with van der Waals surface area (Å²) in [5.74, 6) is -0.536. The van der Waals surface area contributed by atoms with Crippen molar-refractivity contribution in [1.29, 1.82) is 0 Å². The highest BCUT2D eigenvalue weighted by molar-refractivity contribution is 6.01. The summed E-state index contributed by atoms with van der Waals surface area (Å²) in [7, 11) is 0. The second kappa shape index (κ2) is 6.97. The summed E-state index contributed by atoms with van der Waals surface area (Å²) in [6.07, 6.45) is 3.13. The molecule has 0 aliphatic heterocycles. The summed E-state index contributed by atoms with van der Waals surface area (Å²) in [4.78, 5) is 23.8. The first-order valence-corrected chi connectivity index (χ1v) is 8.53. The van der Waals surface area contributed by atoms with Crippen LogP contribution in [-0.4, -0.2) is 17.1 Å². The van der Waals surface area contributed by atoms with Gasteiger partial charge in [0.2, 0.25) is 5.91 Å². The Balaban J connectivity index is 2.21. The van der Waals surface area contributed by atoms with Crippen molar-refractivity contribution in [3.8, 4) is 11.1 Å². The summed E-state index contributed by atoms with van der Waals surface area (Å²) in [6.45, 7) is 0. The number of carbonyl (C=O) groups excluding carboxylic acids is 1. The van der Waals surface area contributed by atoms with Crippen LogP contribution < -0.4 is 11.1 Å². The molecule has 0 aromatic heterocycles. The van der Waals surface area contributed by atoms with E-state index >= 15 is 0 Å². The SMILES string of the molecule is NC(=O)c1c(-c2ccccc2)cccc1C1(NC(=O)O)CCCCC1. The fourth-order valence-electron chi connectivity index (χ4n) is 3.90. The van der Waals surface area contributed by atoms with Crippen molar-refractivity contribution in [3.05, 3.63) is 59.7 Å². The Bertz CT molecular complexity index is 781. The van der Waals surface area contributed by atoms with Crippen molar-refractivity contribution in [2.24, 2.45) is 5.73 Å². The largest absolute Gasteiger partial charge is 0.465 e. The number of benzene rings is 2. The summed E-state index contributed by atoms with van der Waals surface area (Å²) in [6, 6.07) is 15.1. The van der Waals surface area contributed by atoms with Gasteiger partial charge in [-0.2, -0.15) is 0 Å². The molecule has 2 amide bonds.